The lowest BCUT2D eigenvalue weighted by Gasteiger charge is -2.05. The maximum absolute atomic E-state index is 13.2. The first-order chi connectivity index (χ1) is 6.79. The molecule has 0 N–H and O–H groups in total. The summed E-state index contributed by atoms with van der Waals surface area (Å²) in [7, 11) is -1.50. The number of benzene rings is 1. The number of rotatable bonds is 0. The summed E-state index contributed by atoms with van der Waals surface area (Å²) in [6.45, 7) is 7.88. The van der Waals surface area contributed by atoms with Crippen molar-refractivity contribution in [1.82, 2.24) is 0 Å². The van der Waals surface area contributed by atoms with Crippen molar-refractivity contribution >= 4 is 8.07 Å². The molecule has 0 saturated heterocycles. The summed E-state index contributed by atoms with van der Waals surface area (Å²) < 4.78 is 26.1. The molecule has 0 heterocycles. The molecule has 0 aromatic heterocycles. The predicted molar refractivity (Wildman–Crippen MR) is 61.3 cm³/mol. The lowest BCUT2D eigenvalue weighted by Crippen LogP contribution is -2.16. The Morgan fingerprint density at radius 2 is 1.73 bits per heavy atom. The first kappa shape index (κ1) is 11.9. The van der Waals surface area contributed by atoms with Crippen molar-refractivity contribution in [1.29, 1.82) is 0 Å². The highest BCUT2D eigenvalue weighted by atomic mass is 28.3. The third kappa shape index (κ3) is 3.48. The van der Waals surface area contributed by atoms with Gasteiger partial charge in [-0.2, -0.15) is 0 Å². The zero-order valence-electron chi connectivity index (χ0n) is 9.41. The molecule has 0 spiro atoms. The van der Waals surface area contributed by atoms with Gasteiger partial charge < -0.3 is 0 Å². The van der Waals surface area contributed by atoms with Gasteiger partial charge in [0.25, 0.3) is 0 Å². The van der Waals surface area contributed by atoms with Gasteiger partial charge >= 0.3 is 0 Å². The van der Waals surface area contributed by atoms with E-state index in [0.717, 1.165) is 6.07 Å². The smallest absolute Gasteiger partial charge is 0.130 e. The molecule has 1 aromatic rings. The molecule has 15 heavy (non-hydrogen) atoms. The molecule has 0 saturated carbocycles. The van der Waals surface area contributed by atoms with Crippen molar-refractivity contribution in [3.8, 4) is 11.5 Å². The molecule has 1 rings (SSSR count). The lowest BCUT2D eigenvalue weighted by atomic mass is 10.1. The summed E-state index contributed by atoms with van der Waals surface area (Å²) in [5.41, 5.74) is 3.96. The molecule has 0 aliphatic rings. The first-order valence-corrected chi connectivity index (χ1v) is 8.28. The van der Waals surface area contributed by atoms with E-state index in [4.69, 9.17) is 0 Å². The molecular formula is C12H14F2Si. The van der Waals surface area contributed by atoms with Crippen molar-refractivity contribution in [2.24, 2.45) is 0 Å². The van der Waals surface area contributed by atoms with Gasteiger partial charge in [-0.05, 0) is 13.0 Å². The standard InChI is InChI=1S/C12H14F2Si/c1-9-10(5-6-15(2,3)4)7-11(13)8-12(9)14/h7-8H,1-4H3. The Labute approximate surface area is 90.3 Å². The highest BCUT2D eigenvalue weighted by Gasteiger charge is 2.09. The van der Waals surface area contributed by atoms with Crippen LogP contribution in [0.1, 0.15) is 11.1 Å². The number of hydrogen-bond donors (Lipinski definition) is 0. The van der Waals surface area contributed by atoms with E-state index in [-0.39, 0.29) is 0 Å². The second-order valence-corrected chi connectivity index (χ2v) is 9.31. The molecule has 0 fully saturated rings. The van der Waals surface area contributed by atoms with E-state index in [1.807, 2.05) is 0 Å². The molecule has 0 atom stereocenters. The van der Waals surface area contributed by atoms with Crippen LogP contribution in [0.2, 0.25) is 19.6 Å². The molecule has 0 unspecified atom stereocenters. The molecule has 1 aromatic carbocycles. The summed E-state index contributed by atoms with van der Waals surface area (Å²) in [6.07, 6.45) is 0. The largest absolute Gasteiger partial charge is 0.207 e. The summed E-state index contributed by atoms with van der Waals surface area (Å²) in [6, 6.07) is 2.17. The Morgan fingerprint density at radius 3 is 2.27 bits per heavy atom. The average molecular weight is 224 g/mol. The van der Waals surface area contributed by atoms with Gasteiger partial charge in [-0.25, -0.2) is 8.78 Å². The highest BCUT2D eigenvalue weighted by molar-refractivity contribution is 6.83. The van der Waals surface area contributed by atoms with Crippen LogP contribution < -0.4 is 0 Å². The van der Waals surface area contributed by atoms with Crippen molar-refractivity contribution in [2.45, 2.75) is 26.6 Å². The van der Waals surface area contributed by atoms with Gasteiger partial charge in [0, 0.05) is 17.2 Å². The molecule has 0 radical (unpaired) electrons. The molecule has 0 nitrogen and oxygen atoms in total. The van der Waals surface area contributed by atoms with Gasteiger partial charge in [0.05, 0.1) is 0 Å². The fourth-order valence-electron chi connectivity index (χ4n) is 1.03. The summed E-state index contributed by atoms with van der Waals surface area (Å²) >= 11 is 0. The van der Waals surface area contributed by atoms with Crippen LogP contribution in [0.5, 0.6) is 0 Å². The van der Waals surface area contributed by atoms with Crippen molar-refractivity contribution in [2.75, 3.05) is 0 Å². The van der Waals surface area contributed by atoms with Crippen LogP contribution in [0.25, 0.3) is 0 Å². The van der Waals surface area contributed by atoms with Crippen LogP contribution in [0.4, 0.5) is 8.78 Å². The van der Waals surface area contributed by atoms with Crippen LogP contribution >= 0.6 is 0 Å². The van der Waals surface area contributed by atoms with Crippen molar-refractivity contribution < 1.29 is 8.78 Å². The van der Waals surface area contributed by atoms with E-state index >= 15 is 0 Å². The summed E-state index contributed by atoms with van der Waals surface area (Å²) in [5, 5.41) is 0. The number of hydrogen-bond acceptors (Lipinski definition) is 0. The monoisotopic (exact) mass is 224 g/mol. The summed E-state index contributed by atoms with van der Waals surface area (Å²) in [5.74, 6) is 1.76. The van der Waals surface area contributed by atoms with Crippen LogP contribution in [-0.2, 0) is 0 Å². The van der Waals surface area contributed by atoms with Gasteiger partial charge in [-0.3, -0.25) is 0 Å². The van der Waals surface area contributed by atoms with Gasteiger partial charge in [0.2, 0.25) is 0 Å². The Hall–Kier alpha value is -1.14. The fraction of sp³-hybridized carbons (Fsp3) is 0.333. The second kappa shape index (κ2) is 4.16. The van der Waals surface area contributed by atoms with Crippen molar-refractivity contribution in [3.63, 3.8) is 0 Å². The molecule has 0 amide bonds. The van der Waals surface area contributed by atoms with Gasteiger partial charge in [0.1, 0.15) is 19.7 Å². The summed E-state index contributed by atoms with van der Waals surface area (Å²) in [4.78, 5) is 0. The zero-order valence-corrected chi connectivity index (χ0v) is 10.4. The second-order valence-electron chi connectivity index (χ2n) is 4.56. The van der Waals surface area contributed by atoms with Gasteiger partial charge in [-0.15, -0.1) is 5.54 Å². The molecular weight excluding hydrogens is 210 g/mol. The lowest BCUT2D eigenvalue weighted by molar-refractivity contribution is 0.576. The Balaban J connectivity index is 3.20. The minimum Gasteiger partial charge on any atom is -0.207 e. The normalized spacial score (nSPS) is 10.8. The van der Waals surface area contributed by atoms with E-state index in [0.29, 0.717) is 11.1 Å². The first-order valence-electron chi connectivity index (χ1n) is 4.78. The van der Waals surface area contributed by atoms with Crippen LogP contribution in [0, 0.1) is 30.0 Å². The molecule has 0 aliphatic carbocycles. The maximum atomic E-state index is 13.2. The molecule has 0 aliphatic heterocycles. The van der Waals surface area contributed by atoms with E-state index < -0.39 is 19.7 Å². The minimum absolute atomic E-state index is 0.419. The van der Waals surface area contributed by atoms with E-state index in [1.54, 1.807) is 6.92 Å². The number of halogens is 2. The zero-order chi connectivity index (χ0) is 11.6. The third-order valence-electron chi connectivity index (χ3n) is 1.88. The maximum Gasteiger partial charge on any atom is 0.130 e. The van der Waals surface area contributed by atoms with E-state index in [9.17, 15) is 8.78 Å². The van der Waals surface area contributed by atoms with Crippen LogP contribution in [0.3, 0.4) is 0 Å². The Morgan fingerprint density at radius 1 is 1.13 bits per heavy atom. The average Bonchev–Trinajstić information content (AvgIpc) is 2.07. The molecule has 3 heteroatoms. The Kier molecular flexibility index (Phi) is 3.30. The minimum atomic E-state index is -1.50. The highest BCUT2D eigenvalue weighted by Crippen LogP contribution is 2.14. The quantitative estimate of drug-likeness (QED) is 0.467. The van der Waals surface area contributed by atoms with E-state index in [2.05, 4.69) is 31.1 Å². The van der Waals surface area contributed by atoms with Crippen LogP contribution in [0.15, 0.2) is 12.1 Å². The predicted octanol–water partition coefficient (Wildman–Crippen LogP) is 3.50. The third-order valence-corrected chi connectivity index (χ3v) is 2.76. The van der Waals surface area contributed by atoms with E-state index in [1.165, 1.54) is 6.07 Å². The van der Waals surface area contributed by atoms with Gasteiger partial charge in [-0.1, -0.05) is 25.6 Å². The van der Waals surface area contributed by atoms with Crippen molar-refractivity contribution in [3.05, 3.63) is 34.9 Å². The SMILES string of the molecule is Cc1c(F)cc(F)cc1C#C[Si](C)(C)C. The van der Waals surface area contributed by atoms with Crippen LogP contribution in [-0.4, -0.2) is 8.07 Å². The topological polar surface area (TPSA) is 0 Å². The molecule has 0 bridgehead atoms. The molecule has 80 valence electrons. The Bertz CT molecular complexity index is 433. The fourth-order valence-corrected chi connectivity index (χ4v) is 1.54. The van der Waals surface area contributed by atoms with Gasteiger partial charge in [0.15, 0.2) is 0 Å².